The summed E-state index contributed by atoms with van der Waals surface area (Å²) in [5.41, 5.74) is 2.90. The molecule has 4 heteroatoms. The molecule has 1 aliphatic rings. The number of carbonyl (C=O) groups excluding carboxylic acids is 1. The van der Waals surface area contributed by atoms with Crippen molar-refractivity contribution in [1.29, 1.82) is 0 Å². The molecular weight excluding hydrogens is 362 g/mol. The van der Waals surface area contributed by atoms with Gasteiger partial charge in [0.25, 0.3) is 0 Å². The minimum Gasteiger partial charge on any atom is -0.497 e. The molecule has 0 heterocycles. The lowest BCUT2D eigenvalue weighted by molar-refractivity contribution is -0.122. The topological polar surface area (TPSA) is 47.6 Å². The second kappa shape index (κ2) is 8.00. The van der Waals surface area contributed by atoms with Gasteiger partial charge in [-0.25, -0.2) is 0 Å². The van der Waals surface area contributed by atoms with E-state index in [2.05, 4.69) is 17.4 Å². The predicted molar refractivity (Wildman–Crippen MR) is 113 cm³/mol. The Morgan fingerprint density at radius 2 is 1.48 bits per heavy atom. The number of hydrogen-bond acceptors (Lipinski definition) is 3. The monoisotopic (exact) mass is 387 g/mol. The highest BCUT2D eigenvalue weighted by molar-refractivity contribution is 5.86. The second-order valence-electron chi connectivity index (χ2n) is 7.40. The van der Waals surface area contributed by atoms with Crippen molar-refractivity contribution in [2.45, 2.75) is 18.4 Å². The quantitative estimate of drug-likeness (QED) is 0.657. The van der Waals surface area contributed by atoms with Crippen molar-refractivity contribution >= 4 is 5.91 Å². The SMILES string of the molecule is COc1cccc(C2(c3cccc(OC)c3)C[C@@H]2C(=O)NCc2ccccc2)c1. The maximum absolute atomic E-state index is 13.1. The highest BCUT2D eigenvalue weighted by Crippen LogP contribution is 2.59. The molecule has 4 rings (SSSR count). The van der Waals surface area contributed by atoms with E-state index in [1.807, 2.05) is 66.7 Å². The largest absolute Gasteiger partial charge is 0.497 e. The van der Waals surface area contributed by atoms with Crippen LogP contribution in [0.1, 0.15) is 23.1 Å². The van der Waals surface area contributed by atoms with Gasteiger partial charge in [0.05, 0.1) is 20.1 Å². The molecule has 3 aromatic carbocycles. The zero-order valence-electron chi connectivity index (χ0n) is 16.7. The van der Waals surface area contributed by atoms with Crippen LogP contribution in [-0.2, 0) is 16.8 Å². The van der Waals surface area contributed by atoms with Gasteiger partial charge in [-0.3, -0.25) is 4.79 Å². The molecule has 0 spiro atoms. The normalized spacial score (nSPS) is 16.7. The lowest BCUT2D eigenvalue weighted by atomic mass is 9.85. The van der Waals surface area contributed by atoms with Crippen molar-refractivity contribution in [2.75, 3.05) is 14.2 Å². The fourth-order valence-electron chi connectivity index (χ4n) is 4.09. The van der Waals surface area contributed by atoms with Gasteiger partial charge in [-0.1, -0.05) is 54.6 Å². The van der Waals surface area contributed by atoms with Gasteiger partial charge >= 0.3 is 0 Å². The van der Waals surface area contributed by atoms with Crippen LogP contribution in [0.25, 0.3) is 0 Å². The van der Waals surface area contributed by atoms with Crippen LogP contribution in [0.5, 0.6) is 11.5 Å². The molecule has 148 valence electrons. The van der Waals surface area contributed by atoms with Crippen LogP contribution in [-0.4, -0.2) is 20.1 Å². The van der Waals surface area contributed by atoms with E-state index in [9.17, 15) is 4.79 Å². The second-order valence-corrected chi connectivity index (χ2v) is 7.40. The molecule has 0 aliphatic heterocycles. The van der Waals surface area contributed by atoms with E-state index in [1.165, 1.54) is 0 Å². The summed E-state index contributed by atoms with van der Waals surface area (Å²) in [6.45, 7) is 0.530. The van der Waals surface area contributed by atoms with Crippen molar-refractivity contribution in [3.8, 4) is 11.5 Å². The van der Waals surface area contributed by atoms with E-state index >= 15 is 0 Å². The van der Waals surface area contributed by atoms with Crippen LogP contribution in [0.15, 0.2) is 78.9 Å². The first-order valence-corrected chi connectivity index (χ1v) is 9.78. The van der Waals surface area contributed by atoms with Crippen molar-refractivity contribution in [3.05, 3.63) is 95.6 Å². The Hall–Kier alpha value is -3.27. The van der Waals surface area contributed by atoms with E-state index in [1.54, 1.807) is 14.2 Å². The number of benzene rings is 3. The first-order valence-electron chi connectivity index (χ1n) is 9.78. The Morgan fingerprint density at radius 3 is 2.03 bits per heavy atom. The molecule has 0 radical (unpaired) electrons. The molecule has 4 nitrogen and oxygen atoms in total. The standard InChI is InChI=1S/C25H25NO3/c1-28-21-12-6-10-19(14-21)25(20-11-7-13-22(15-20)29-2)16-23(25)24(27)26-17-18-8-4-3-5-9-18/h3-15,23H,16-17H2,1-2H3,(H,26,27)/t23-/m1/s1. The van der Waals surface area contributed by atoms with Crippen LogP contribution >= 0.6 is 0 Å². The van der Waals surface area contributed by atoms with Crippen molar-refractivity contribution in [1.82, 2.24) is 5.32 Å². The summed E-state index contributed by atoms with van der Waals surface area (Å²) in [5, 5.41) is 3.11. The highest BCUT2D eigenvalue weighted by Gasteiger charge is 2.60. The van der Waals surface area contributed by atoms with Gasteiger partial charge in [0.2, 0.25) is 5.91 Å². The van der Waals surface area contributed by atoms with Crippen molar-refractivity contribution in [3.63, 3.8) is 0 Å². The number of nitrogens with one attached hydrogen (secondary N) is 1. The van der Waals surface area contributed by atoms with E-state index in [0.29, 0.717) is 6.54 Å². The van der Waals surface area contributed by atoms with Crippen molar-refractivity contribution < 1.29 is 14.3 Å². The molecule has 3 aromatic rings. The first kappa shape index (κ1) is 19.1. The van der Waals surface area contributed by atoms with Gasteiger partial charge in [0, 0.05) is 12.0 Å². The third kappa shape index (κ3) is 3.70. The fourth-order valence-corrected chi connectivity index (χ4v) is 4.09. The van der Waals surface area contributed by atoms with E-state index in [4.69, 9.17) is 9.47 Å². The van der Waals surface area contributed by atoms with Gasteiger partial charge in [-0.15, -0.1) is 0 Å². The number of hydrogen-bond donors (Lipinski definition) is 1. The number of amides is 1. The number of carbonyl (C=O) groups is 1. The molecule has 1 saturated carbocycles. The molecule has 1 N–H and O–H groups in total. The summed E-state index contributed by atoms with van der Waals surface area (Å²) >= 11 is 0. The Balaban J connectivity index is 1.64. The maximum atomic E-state index is 13.1. The van der Waals surface area contributed by atoms with Crippen LogP contribution < -0.4 is 14.8 Å². The minimum absolute atomic E-state index is 0.0690. The molecule has 1 aliphatic carbocycles. The predicted octanol–water partition coefficient (Wildman–Crippen LogP) is 4.33. The average molecular weight is 387 g/mol. The molecule has 1 amide bonds. The number of methoxy groups -OCH3 is 2. The highest BCUT2D eigenvalue weighted by atomic mass is 16.5. The molecule has 0 bridgehead atoms. The minimum atomic E-state index is -0.371. The van der Waals surface area contributed by atoms with E-state index < -0.39 is 0 Å². The summed E-state index contributed by atoms with van der Waals surface area (Å²) in [5.74, 6) is 1.52. The average Bonchev–Trinajstić information content (AvgIpc) is 3.55. The van der Waals surface area contributed by atoms with Gasteiger partial charge in [0.1, 0.15) is 11.5 Å². The van der Waals surface area contributed by atoms with Gasteiger partial charge in [-0.2, -0.15) is 0 Å². The van der Waals surface area contributed by atoms with Gasteiger partial charge in [0.15, 0.2) is 0 Å². The van der Waals surface area contributed by atoms with Crippen LogP contribution in [0, 0.1) is 5.92 Å². The van der Waals surface area contributed by atoms with E-state index in [-0.39, 0.29) is 17.2 Å². The Labute approximate surface area is 171 Å². The molecule has 0 aromatic heterocycles. The summed E-state index contributed by atoms with van der Waals surface area (Å²) in [4.78, 5) is 13.1. The molecule has 0 saturated heterocycles. The van der Waals surface area contributed by atoms with E-state index in [0.717, 1.165) is 34.6 Å². The fraction of sp³-hybridized carbons (Fsp3) is 0.240. The number of ether oxygens (including phenoxy) is 2. The Bertz CT molecular complexity index is 952. The summed E-state index contributed by atoms with van der Waals surface area (Å²) in [6.07, 6.45) is 0.758. The molecule has 0 unspecified atom stereocenters. The van der Waals surface area contributed by atoms with Crippen LogP contribution in [0.2, 0.25) is 0 Å². The van der Waals surface area contributed by atoms with Crippen LogP contribution in [0.4, 0.5) is 0 Å². The van der Waals surface area contributed by atoms with Crippen molar-refractivity contribution in [2.24, 2.45) is 5.92 Å². The molecule has 1 atom stereocenters. The smallest absolute Gasteiger partial charge is 0.224 e. The summed E-state index contributed by atoms with van der Waals surface area (Å²) in [7, 11) is 3.32. The Kier molecular flexibility index (Phi) is 5.26. The summed E-state index contributed by atoms with van der Waals surface area (Å²) in [6, 6.07) is 26.0. The first-order chi connectivity index (χ1) is 14.2. The number of rotatable bonds is 7. The third-order valence-corrected chi connectivity index (χ3v) is 5.76. The lowest BCUT2D eigenvalue weighted by Gasteiger charge is -2.20. The zero-order chi connectivity index (χ0) is 20.3. The van der Waals surface area contributed by atoms with Crippen LogP contribution in [0.3, 0.4) is 0 Å². The summed E-state index contributed by atoms with van der Waals surface area (Å²) < 4.78 is 10.9. The van der Waals surface area contributed by atoms with Gasteiger partial charge in [-0.05, 0) is 47.4 Å². The zero-order valence-corrected chi connectivity index (χ0v) is 16.7. The molecule has 1 fully saturated rings. The van der Waals surface area contributed by atoms with Gasteiger partial charge < -0.3 is 14.8 Å². The molecular formula is C25H25NO3. The third-order valence-electron chi connectivity index (χ3n) is 5.76. The maximum Gasteiger partial charge on any atom is 0.224 e. The molecule has 29 heavy (non-hydrogen) atoms. The Morgan fingerprint density at radius 1 is 0.897 bits per heavy atom. The lowest BCUT2D eigenvalue weighted by Crippen LogP contribution is -2.28.